The Bertz CT molecular complexity index is 815. The van der Waals surface area contributed by atoms with Crippen molar-refractivity contribution < 1.29 is 23.1 Å². The first-order valence-electron chi connectivity index (χ1n) is 6.95. The SMILES string of the molecule is Cc1csc(Oc2ccc(N(C[C@H](O)C(N)=O)S(C)(=O)=O)cc2)c1. The fraction of sp³-hybridized carbons (Fsp3) is 0.267. The number of anilines is 1. The van der Waals surface area contributed by atoms with Crippen molar-refractivity contribution in [2.45, 2.75) is 13.0 Å². The number of amides is 1. The molecule has 130 valence electrons. The number of carbonyl (C=O) groups is 1. The second-order valence-electron chi connectivity index (χ2n) is 5.25. The number of primary amides is 1. The number of sulfonamides is 1. The van der Waals surface area contributed by atoms with E-state index in [0.717, 1.165) is 21.2 Å². The molecule has 24 heavy (non-hydrogen) atoms. The molecule has 0 saturated heterocycles. The van der Waals surface area contributed by atoms with Gasteiger partial charge in [0.05, 0.1) is 18.5 Å². The molecule has 1 aromatic heterocycles. The van der Waals surface area contributed by atoms with E-state index in [2.05, 4.69) is 0 Å². The Labute approximate surface area is 144 Å². The average Bonchev–Trinajstić information content (AvgIpc) is 2.89. The van der Waals surface area contributed by atoms with Gasteiger partial charge in [0.25, 0.3) is 0 Å². The van der Waals surface area contributed by atoms with Gasteiger partial charge in [-0.1, -0.05) is 0 Å². The van der Waals surface area contributed by atoms with Gasteiger partial charge in [0, 0.05) is 0 Å². The van der Waals surface area contributed by atoms with Crippen LogP contribution in [0, 0.1) is 6.92 Å². The number of hydrogen-bond acceptors (Lipinski definition) is 6. The summed E-state index contributed by atoms with van der Waals surface area (Å²) in [4.78, 5) is 11.0. The van der Waals surface area contributed by atoms with E-state index in [1.165, 1.54) is 23.5 Å². The van der Waals surface area contributed by atoms with Crippen LogP contribution in [0.1, 0.15) is 5.56 Å². The zero-order valence-corrected chi connectivity index (χ0v) is 14.8. The van der Waals surface area contributed by atoms with Crippen LogP contribution in [0.5, 0.6) is 10.8 Å². The van der Waals surface area contributed by atoms with Crippen LogP contribution in [0.15, 0.2) is 35.7 Å². The van der Waals surface area contributed by atoms with Crippen LogP contribution in [-0.2, 0) is 14.8 Å². The zero-order chi connectivity index (χ0) is 17.9. The zero-order valence-electron chi connectivity index (χ0n) is 13.2. The molecule has 0 unspecified atom stereocenters. The molecule has 0 aliphatic carbocycles. The maximum absolute atomic E-state index is 11.9. The lowest BCUT2D eigenvalue weighted by molar-refractivity contribution is -0.125. The number of aliphatic hydroxyl groups is 1. The molecule has 7 nitrogen and oxygen atoms in total. The number of nitrogens with zero attached hydrogens (tertiary/aromatic N) is 1. The van der Waals surface area contributed by atoms with Gasteiger partial charge in [-0.25, -0.2) is 8.42 Å². The number of carbonyl (C=O) groups excluding carboxylic acids is 1. The molecular formula is C15H18N2O5S2. The Morgan fingerprint density at radius 3 is 2.46 bits per heavy atom. The molecule has 0 aliphatic rings. The van der Waals surface area contributed by atoms with Crippen LogP contribution in [0.25, 0.3) is 0 Å². The van der Waals surface area contributed by atoms with E-state index >= 15 is 0 Å². The fourth-order valence-electron chi connectivity index (χ4n) is 1.93. The number of ether oxygens (including phenoxy) is 1. The molecule has 0 fully saturated rings. The number of aliphatic hydroxyl groups excluding tert-OH is 1. The molecule has 1 heterocycles. The maximum atomic E-state index is 11.9. The summed E-state index contributed by atoms with van der Waals surface area (Å²) in [7, 11) is -3.69. The van der Waals surface area contributed by atoms with Crippen LogP contribution in [-0.4, -0.2) is 38.3 Å². The highest BCUT2D eigenvalue weighted by molar-refractivity contribution is 7.92. The summed E-state index contributed by atoms with van der Waals surface area (Å²) in [6.45, 7) is 1.51. The Morgan fingerprint density at radius 1 is 1.38 bits per heavy atom. The fourth-order valence-corrected chi connectivity index (χ4v) is 3.62. The van der Waals surface area contributed by atoms with Crippen molar-refractivity contribution in [2.75, 3.05) is 17.1 Å². The molecule has 9 heteroatoms. The highest BCUT2D eigenvalue weighted by Gasteiger charge is 2.23. The molecule has 2 aromatic rings. The number of hydrogen-bond donors (Lipinski definition) is 2. The van der Waals surface area contributed by atoms with E-state index < -0.39 is 28.6 Å². The third kappa shape index (κ3) is 4.70. The predicted molar refractivity (Wildman–Crippen MR) is 93.0 cm³/mol. The second-order valence-corrected chi connectivity index (χ2v) is 8.03. The maximum Gasteiger partial charge on any atom is 0.248 e. The Morgan fingerprint density at radius 2 is 2.00 bits per heavy atom. The predicted octanol–water partition coefficient (Wildman–Crippen LogP) is 1.46. The highest BCUT2D eigenvalue weighted by atomic mass is 32.2. The van der Waals surface area contributed by atoms with Crippen LogP contribution >= 0.6 is 11.3 Å². The van der Waals surface area contributed by atoms with Crippen molar-refractivity contribution in [3.63, 3.8) is 0 Å². The summed E-state index contributed by atoms with van der Waals surface area (Å²) in [5, 5.41) is 12.3. The molecule has 0 spiro atoms. The quantitative estimate of drug-likeness (QED) is 0.767. The minimum Gasteiger partial charge on any atom is -0.447 e. The second kappa shape index (κ2) is 7.20. The van der Waals surface area contributed by atoms with Crippen LogP contribution < -0.4 is 14.8 Å². The summed E-state index contributed by atoms with van der Waals surface area (Å²) < 4.78 is 30.4. The van der Waals surface area contributed by atoms with Crippen LogP contribution in [0.4, 0.5) is 5.69 Å². The van der Waals surface area contributed by atoms with Crippen molar-refractivity contribution >= 4 is 33.0 Å². The summed E-state index contributed by atoms with van der Waals surface area (Å²) in [5.74, 6) is -0.443. The van der Waals surface area contributed by atoms with Gasteiger partial charge in [-0.2, -0.15) is 0 Å². The van der Waals surface area contributed by atoms with E-state index in [4.69, 9.17) is 10.5 Å². The average molecular weight is 370 g/mol. The van der Waals surface area contributed by atoms with Crippen molar-refractivity contribution in [3.05, 3.63) is 41.3 Å². The monoisotopic (exact) mass is 370 g/mol. The van der Waals surface area contributed by atoms with E-state index in [1.807, 2.05) is 18.4 Å². The molecule has 1 amide bonds. The molecule has 0 aliphatic heterocycles. The standard InChI is InChI=1S/C15H18N2O5S2/c1-10-7-14(23-9-10)22-12-5-3-11(4-6-12)17(24(2,20)21)8-13(18)15(16)19/h3-7,9,13,18H,8H2,1-2H3,(H2,16,19)/t13-/m0/s1. The number of aryl methyl sites for hydroxylation is 1. The highest BCUT2D eigenvalue weighted by Crippen LogP contribution is 2.30. The third-order valence-electron chi connectivity index (χ3n) is 3.12. The number of benzene rings is 1. The van der Waals surface area contributed by atoms with Gasteiger partial charge in [-0.15, -0.1) is 11.3 Å². The Hall–Kier alpha value is -2.10. The van der Waals surface area contributed by atoms with Crippen molar-refractivity contribution in [3.8, 4) is 10.8 Å². The van der Waals surface area contributed by atoms with Crippen molar-refractivity contribution in [1.29, 1.82) is 0 Å². The van der Waals surface area contributed by atoms with E-state index in [-0.39, 0.29) is 0 Å². The summed E-state index contributed by atoms with van der Waals surface area (Å²) in [5.41, 5.74) is 6.38. The summed E-state index contributed by atoms with van der Waals surface area (Å²) in [6.07, 6.45) is -0.607. The van der Waals surface area contributed by atoms with Crippen molar-refractivity contribution in [2.24, 2.45) is 5.73 Å². The first kappa shape index (κ1) is 18.2. The van der Waals surface area contributed by atoms with E-state index in [1.54, 1.807) is 12.1 Å². The topological polar surface area (TPSA) is 110 Å². The number of thiophene rings is 1. The number of nitrogens with two attached hydrogens (primary N) is 1. The van der Waals surface area contributed by atoms with E-state index in [0.29, 0.717) is 11.4 Å². The Balaban J connectivity index is 2.20. The van der Waals surface area contributed by atoms with Gasteiger partial charge in [0.2, 0.25) is 15.9 Å². The lowest BCUT2D eigenvalue weighted by Gasteiger charge is -2.24. The smallest absolute Gasteiger partial charge is 0.248 e. The molecule has 2 rings (SSSR count). The minimum atomic E-state index is -3.69. The van der Waals surface area contributed by atoms with Crippen LogP contribution in [0.3, 0.4) is 0 Å². The largest absolute Gasteiger partial charge is 0.447 e. The molecule has 1 aromatic carbocycles. The molecule has 0 saturated carbocycles. The molecule has 0 bridgehead atoms. The summed E-state index contributed by atoms with van der Waals surface area (Å²) >= 11 is 1.46. The van der Waals surface area contributed by atoms with E-state index in [9.17, 15) is 18.3 Å². The van der Waals surface area contributed by atoms with Gasteiger partial charge in [-0.3, -0.25) is 9.10 Å². The van der Waals surface area contributed by atoms with Gasteiger partial charge in [0.15, 0.2) is 11.2 Å². The minimum absolute atomic E-state index is 0.299. The van der Waals surface area contributed by atoms with Gasteiger partial charge in [0.1, 0.15) is 5.75 Å². The molecule has 0 radical (unpaired) electrons. The first-order valence-corrected chi connectivity index (χ1v) is 9.68. The lowest BCUT2D eigenvalue weighted by Crippen LogP contribution is -2.42. The van der Waals surface area contributed by atoms with Crippen LogP contribution in [0.2, 0.25) is 0 Å². The normalized spacial score (nSPS) is 12.6. The van der Waals surface area contributed by atoms with Gasteiger partial charge >= 0.3 is 0 Å². The lowest BCUT2D eigenvalue weighted by atomic mass is 10.2. The number of rotatable bonds is 7. The van der Waals surface area contributed by atoms with Gasteiger partial charge in [-0.05, 0) is 48.2 Å². The van der Waals surface area contributed by atoms with Gasteiger partial charge < -0.3 is 15.6 Å². The first-order chi connectivity index (χ1) is 11.2. The molecule has 1 atom stereocenters. The third-order valence-corrected chi connectivity index (χ3v) is 5.20. The Kier molecular flexibility index (Phi) is 5.47. The van der Waals surface area contributed by atoms with Crippen molar-refractivity contribution in [1.82, 2.24) is 0 Å². The molecular weight excluding hydrogens is 352 g/mol. The summed E-state index contributed by atoms with van der Waals surface area (Å²) in [6, 6.07) is 8.18. The molecule has 3 N–H and O–H groups in total.